The summed E-state index contributed by atoms with van der Waals surface area (Å²) >= 11 is 0. The van der Waals surface area contributed by atoms with E-state index in [1.807, 2.05) is 54.1 Å². The normalized spacial score (nSPS) is 15.8. The Labute approximate surface area is 245 Å². The maximum atomic E-state index is 13.3. The van der Waals surface area contributed by atoms with Crippen LogP contribution in [-0.4, -0.2) is 70.2 Å². The number of aromatic amines is 1. The quantitative estimate of drug-likeness (QED) is 0.234. The van der Waals surface area contributed by atoms with Crippen LogP contribution in [0.15, 0.2) is 47.3 Å². The minimum atomic E-state index is -0.119. The Bertz CT molecular complexity index is 1530. The predicted molar refractivity (Wildman–Crippen MR) is 159 cm³/mol. The number of fused-ring (bicyclic) bond motifs is 1. The summed E-state index contributed by atoms with van der Waals surface area (Å²) in [6, 6.07) is 13.5. The topological polar surface area (TPSA) is 117 Å². The van der Waals surface area contributed by atoms with E-state index in [1.165, 1.54) is 0 Å². The van der Waals surface area contributed by atoms with Crippen LogP contribution in [0.4, 0.5) is 0 Å². The minimum Gasteiger partial charge on any atom is -0.494 e. The van der Waals surface area contributed by atoms with Crippen molar-refractivity contribution in [2.45, 2.75) is 64.8 Å². The lowest BCUT2D eigenvalue weighted by Crippen LogP contribution is -2.34. The predicted octanol–water partition coefficient (Wildman–Crippen LogP) is 4.31. The summed E-state index contributed by atoms with van der Waals surface area (Å²) in [7, 11) is 3.27. The Kier molecular flexibility index (Phi) is 9.70. The van der Waals surface area contributed by atoms with Gasteiger partial charge in [-0.25, -0.2) is 4.68 Å². The van der Waals surface area contributed by atoms with Crippen molar-refractivity contribution in [2.24, 2.45) is 0 Å². The number of hydrogen-bond acceptors (Lipinski definition) is 9. The highest BCUT2D eigenvalue weighted by Crippen LogP contribution is 2.30. The molecule has 1 aliphatic heterocycles. The summed E-state index contributed by atoms with van der Waals surface area (Å²) in [6.07, 6.45) is 3.64. The van der Waals surface area contributed by atoms with Crippen molar-refractivity contribution >= 4 is 10.9 Å². The van der Waals surface area contributed by atoms with Gasteiger partial charge in [-0.05, 0) is 85.0 Å². The Balaban J connectivity index is 1.47. The lowest BCUT2D eigenvalue weighted by Gasteiger charge is -2.30. The zero-order chi connectivity index (χ0) is 29.5. The summed E-state index contributed by atoms with van der Waals surface area (Å²) in [5.74, 6) is 2.92. The highest BCUT2D eigenvalue weighted by atomic mass is 16.5. The van der Waals surface area contributed by atoms with Crippen molar-refractivity contribution in [3.63, 3.8) is 0 Å². The van der Waals surface area contributed by atoms with Gasteiger partial charge in [0.2, 0.25) is 0 Å². The van der Waals surface area contributed by atoms with Gasteiger partial charge in [-0.2, -0.15) is 0 Å². The zero-order valence-electron chi connectivity index (χ0n) is 24.8. The van der Waals surface area contributed by atoms with Gasteiger partial charge < -0.3 is 23.9 Å². The molecule has 11 heteroatoms. The lowest BCUT2D eigenvalue weighted by molar-refractivity contribution is 0.0893. The van der Waals surface area contributed by atoms with Crippen molar-refractivity contribution in [3.8, 4) is 17.2 Å². The van der Waals surface area contributed by atoms with Gasteiger partial charge in [0.15, 0.2) is 17.3 Å². The molecule has 2 atom stereocenters. The molecule has 0 amide bonds. The molecule has 0 spiro atoms. The number of hydrogen-bond donors (Lipinski definition) is 1. The molecule has 0 bridgehead atoms. The molecule has 0 radical (unpaired) electrons. The van der Waals surface area contributed by atoms with Gasteiger partial charge in [0.05, 0.1) is 39.5 Å². The Morgan fingerprint density at radius 1 is 1.12 bits per heavy atom. The molecular formula is C31H40N6O5. The van der Waals surface area contributed by atoms with Gasteiger partial charge in [0, 0.05) is 36.2 Å². The maximum absolute atomic E-state index is 13.3. The first-order chi connectivity index (χ1) is 20.5. The molecule has 1 N–H and O–H groups in total. The van der Waals surface area contributed by atoms with E-state index in [1.54, 1.807) is 14.2 Å². The monoisotopic (exact) mass is 576 g/mol. The molecule has 0 aliphatic carbocycles. The number of methoxy groups -OCH3 is 2. The number of benzene rings is 2. The minimum absolute atomic E-state index is 0.104. The van der Waals surface area contributed by atoms with E-state index in [-0.39, 0.29) is 17.7 Å². The van der Waals surface area contributed by atoms with Gasteiger partial charge in [-0.15, -0.1) is 5.10 Å². The first kappa shape index (κ1) is 29.5. The van der Waals surface area contributed by atoms with Crippen LogP contribution in [0.3, 0.4) is 0 Å². The highest BCUT2D eigenvalue weighted by molar-refractivity contribution is 5.80. The largest absolute Gasteiger partial charge is 0.494 e. The number of nitrogens with one attached hydrogen (secondary N) is 1. The van der Waals surface area contributed by atoms with Gasteiger partial charge in [-0.1, -0.05) is 13.0 Å². The van der Waals surface area contributed by atoms with E-state index in [0.29, 0.717) is 43.3 Å². The van der Waals surface area contributed by atoms with E-state index in [9.17, 15) is 4.79 Å². The van der Waals surface area contributed by atoms with E-state index in [4.69, 9.17) is 18.9 Å². The second kappa shape index (κ2) is 13.8. The van der Waals surface area contributed by atoms with Crippen LogP contribution in [0.5, 0.6) is 17.2 Å². The zero-order valence-corrected chi connectivity index (χ0v) is 24.8. The van der Waals surface area contributed by atoms with E-state index < -0.39 is 0 Å². The van der Waals surface area contributed by atoms with Crippen LogP contribution >= 0.6 is 0 Å². The first-order valence-electron chi connectivity index (χ1n) is 14.6. The fraction of sp³-hybridized carbons (Fsp3) is 0.484. The molecule has 0 unspecified atom stereocenters. The third-order valence-electron chi connectivity index (χ3n) is 7.80. The number of aromatic nitrogens is 5. The van der Waals surface area contributed by atoms with Crippen LogP contribution in [0.1, 0.15) is 56.1 Å². The molecule has 11 nitrogen and oxygen atoms in total. The Morgan fingerprint density at radius 3 is 2.71 bits per heavy atom. The first-order valence-corrected chi connectivity index (χ1v) is 14.6. The van der Waals surface area contributed by atoms with Gasteiger partial charge in [0.1, 0.15) is 5.75 Å². The molecule has 224 valence electrons. The molecule has 3 heterocycles. The third kappa shape index (κ3) is 6.74. The van der Waals surface area contributed by atoms with Crippen molar-refractivity contribution < 1.29 is 18.9 Å². The Hall–Kier alpha value is -3.96. The molecule has 0 saturated carbocycles. The van der Waals surface area contributed by atoms with E-state index in [0.717, 1.165) is 60.3 Å². The summed E-state index contributed by atoms with van der Waals surface area (Å²) in [6.45, 7) is 7.12. The molecule has 2 aromatic carbocycles. The highest BCUT2D eigenvalue weighted by Gasteiger charge is 2.28. The summed E-state index contributed by atoms with van der Waals surface area (Å²) in [5.41, 5.74) is 2.42. The molecule has 42 heavy (non-hydrogen) atoms. The molecule has 1 fully saturated rings. The molecule has 5 rings (SSSR count). The summed E-state index contributed by atoms with van der Waals surface area (Å²) in [4.78, 5) is 18.6. The molecule has 2 aromatic heterocycles. The van der Waals surface area contributed by atoms with E-state index in [2.05, 4.69) is 32.3 Å². The summed E-state index contributed by atoms with van der Waals surface area (Å²) < 4.78 is 24.4. The van der Waals surface area contributed by atoms with Crippen molar-refractivity contribution in [3.05, 3.63) is 69.8 Å². The van der Waals surface area contributed by atoms with Crippen LogP contribution in [0, 0.1) is 0 Å². The van der Waals surface area contributed by atoms with Crippen LogP contribution < -0.4 is 19.8 Å². The average molecular weight is 577 g/mol. The van der Waals surface area contributed by atoms with Gasteiger partial charge >= 0.3 is 0 Å². The molecular weight excluding hydrogens is 536 g/mol. The number of nitrogens with zero attached hydrogens (tertiary/aromatic N) is 5. The SMILES string of the molecule is CCOc1ccc2[nH]c(=O)c(CN(CCc3ccc(OC)c(OC)c3)[C@H](CC)c3nnnn3C[C@H]3CCCO3)cc2c1. The second-order valence-electron chi connectivity index (χ2n) is 10.5. The third-order valence-corrected chi connectivity index (χ3v) is 7.80. The number of H-pyrrole nitrogens is 1. The molecule has 1 aliphatic rings. The van der Waals surface area contributed by atoms with Gasteiger partial charge in [-0.3, -0.25) is 9.69 Å². The number of rotatable bonds is 14. The molecule has 4 aromatic rings. The van der Waals surface area contributed by atoms with E-state index >= 15 is 0 Å². The lowest BCUT2D eigenvalue weighted by atomic mass is 10.1. The maximum Gasteiger partial charge on any atom is 0.252 e. The smallest absolute Gasteiger partial charge is 0.252 e. The van der Waals surface area contributed by atoms with Crippen LogP contribution in [-0.2, 0) is 24.2 Å². The molecule has 1 saturated heterocycles. The van der Waals surface area contributed by atoms with Crippen LogP contribution in [0.2, 0.25) is 0 Å². The number of ether oxygens (including phenoxy) is 4. The van der Waals surface area contributed by atoms with Crippen molar-refractivity contribution in [2.75, 3.05) is 34.0 Å². The van der Waals surface area contributed by atoms with Gasteiger partial charge in [0.25, 0.3) is 5.56 Å². The fourth-order valence-electron chi connectivity index (χ4n) is 5.64. The van der Waals surface area contributed by atoms with Crippen LogP contribution in [0.25, 0.3) is 10.9 Å². The number of tetrazole rings is 1. The standard InChI is InChI=1S/C31H40N6O5/c1-5-27(30-33-34-35-37(30)20-25-8-7-15-42-25)36(14-13-21-9-12-28(39-3)29(16-21)40-4)19-23-17-22-18-24(41-6-2)10-11-26(22)32-31(23)38/h9-12,16-18,25,27H,5-8,13-15,19-20H2,1-4H3,(H,32,38)/t25-,27-/m1/s1. The average Bonchev–Trinajstić information content (AvgIpc) is 3.69. The van der Waals surface area contributed by atoms with Crippen molar-refractivity contribution in [1.29, 1.82) is 0 Å². The fourth-order valence-corrected chi connectivity index (χ4v) is 5.64. The summed E-state index contributed by atoms with van der Waals surface area (Å²) in [5, 5.41) is 13.7. The Morgan fingerprint density at radius 2 is 1.98 bits per heavy atom. The van der Waals surface area contributed by atoms with Crippen molar-refractivity contribution in [1.82, 2.24) is 30.1 Å². The number of pyridine rings is 1. The second-order valence-corrected chi connectivity index (χ2v) is 10.5.